The van der Waals surface area contributed by atoms with Gasteiger partial charge in [0.05, 0.1) is 6.54 Å². The molecule has 0 aliphatic rings. The zero-order valence-corrected chi connectivity index (χ0v) is 11.7. The van der Waals surface area contributed by atoms with Crippen molar-refractivity contribution in [2.24, 2.45) is 0 Å². The molecule has 0 aromatic heterocycles. The monoisotopic (exact) mass is 274 g/mol. The Labute approximate surface area is 113 Å². The first-order chi connectivity index (χ1) is 7.72. The number of hydrogen-bond acceptors (Lipinski definition) is 3. The average molecular weight is 275 g/mol. The van der Waals surface area contributed by atoms with Crippen LogP contribution in [0.4, 0.5) is 5.69 Å². The maximum Gasteiger partial charge on any atom is 0.239 e. The van der Waals surface area contributed by atoms with E-state index in [1.165, 1.54) is 0 Å². The first-order valence-electron chi connectivity index (χ1n) is 5.29. The molecule has 0 aliphatic heterocycles. The minimum absolute atomic E-state index is 0. The number of carbonyl (C=O) groups is 1. The van der Waals surface area contributed by atoms with Gasteiger partial charge in [-0.05, 0) is 25.3 Å². The summed E-state index contributed by atoms with van der Waals surface area (Å²) < 4.78 is 0. The number of nitrogens with one attached hydrogen (secondary N) is 2. The molecule has 1 unspecified atom stereocenters. The van der Waals surface area contributed by atoms with Gasteiger partial charge in [0.1, 0.15) is 0 Å². The number of amides is 1. The molecule has 1 aromatic carbocycles. The van der Waals surface area contributed by atoms with E-state index in [1.54, 1.807) is 11.8 Å². The molecule has 1 amide bonds. The smallest absolute Gasteiger partial charge is 0.239 e. The van der Waals surface area contributed by atoms with Crippen molar-refractivity contribution in [2.45, 2.75) is 13.0 Å². The Kier molecular flexibility index (Phi) is 8.72. The highest BCUT2D eigenvalue weighted by atomic mass is 35.5. The Balaban J connectivity index is 0.00000256. The molecule has 0 bridgehead atoms. The molecule has 5 heteroatoms. The molecule has 1 atom stereocenters. The fourth-order valence-corrected chi connectivity index (χ4v) is 1.94. The predicted octanol–water partition coefficient (Wildman–Crippen LogP) is 2.39. The molecule has 0 fully saturated rings. The first kappa shape index (κ1) is 16.1. The van der Waals surface area contributed by atoms with Gasteiger partial charge in [0.25, 0.3) is 0 Å². The van der Waals surface area contributed by atoms with Gasteiger partial charge in [0.2, 0.25) is 5.91 Å². The summed E-state index contributed by atoms with van der Waals surface area (Å²) in [6.07, 6.45) is 2.03. The van der Waals surface area contributed by atoms with Crippen LogP contribution >= 0.6 is 24.2 Å². The van der Waals surface area contributed by atoms with Gasteiger partial charge in [0.15, 0.2) is 0 Å². The molecule has 0 radical (unpaired) electrons. The SMILES string of the molecule is CSCC(C)NC(=O)CNc1ccccc1.Cl. The van der Waals surface area contributed by atoms with Crippen molar-refractivity contribution in [3.63, 3.8) is 0 Å². The molecule has 0 saturated carbocycles. The van der Waals surface area contributed by atoms with Crippen molar-refractivity contribution in [2.75, 3.05) is 23.9 Å². The van der Waals surface area contributed by atoms with Crippen molar-refractivity contribution >= 4 is 35.8 Å². The van der Waals surface area contributed by atoms with Crippen LogP contribution in [0.15, 0.2) is 30.3 Å². The summed E-state index contributed by atoms with van der Waals surface area (Å²) >= 11 is 1.73. The summed E-state index contributed by atoms with van der Waals surface area (Å²) in [4.78, 5) is 11.5. The van der Waals surface area contributed by atoms with Crippen LogP contribution in [0.1, 0.15) is 6.92 Å². The van der Waals surface area contributed by atoms with Gasteiger partial charge in [-0.25, -0.2) is 0 Å². The standard InChI is InChI=1S/C12H18N2OS.ClH/c1-10(9-16-2)14-12(15)8-13-11-6-4-3-5-7-11;/h3-7,10,13H,8-9H2,1-2H3,(H,14,15);1H. The summed E-state index contributed by atoms with van der Waals surface area (Å²) in [6, 6.07) is 9.94. The van der Waals surface area contributed by atoms with Gasteiger partial charge in [-0.3, -0.25) is 4.79 Å². The van der Waals surface area contributed by atoms with E-state index in [0.29, 0.717) is 6.54 Å². The third-order valence-corrected chi connectivity index (χ3v) is 2.88. The minimum atomic E-state index is 0. The Hall–Kier alpha value is -0.870. The van der Waals surface area contributed by atoms with Crippen LogP contribution in [-0.4, -0.2) is 30.5 Å². The number of halogens is 1. The molecule has 3 nitrogen and oxygen atoms in total. The van der Waals surface area contributed by atoms with Crippen LogP contribution in [-0.2, 0) is 4.79 Å². The Morgan fingerprint density at radius 1 is 1.35 bits per heavy atom. The molecular formula is C12H19ClN2OS. The van der Waals surface area contributed by atoms with Crippen molar-refractivity contribution in [3.8, 4) is 0 Å². The highest BCUT2D eigenvalue weighted by Gasteiger charge is 2.05. The van der Waals surface area contributed by atoms with Crippen LogP contribution in [0, 0.1) is 0 Å². The summed E-state index contributed by atoms with van der Waals surface area (Å²) in [5, 5.41) is 6.00. The lowest BCUT2D eigenvalue weighted by molar-refractivity contribution is -0.119. The van der Waals surface area contributed by atoms with Crippen LogP contribution < -0.4 is 10.6 Å². The second-order valence-electron chi connectivity index (χ2n) is 3.64. The zero-order chi connectivity index (χ0) is 11.8. The maximum absolute atomic E-state index is 11.5. The Morgan fingerprint density at radius 3 is 2.59 bits per heavy atom. The van der Waals surface area contributed by atoms with Crippen molar-refractivity contribution < 1.29 is 4.79 Å². The van der Waals surface area contributed by atoms with Crippen LogP contribution in [0.25, 0.3) is 0 Å². The Morgan fingerprint density at radius 2 is 2.00 bits per heavy atom. The fraction of sp³-hybridized carbons (Fsp3) is 0.417. The number of hydrogen-bond donors (Lipinski definition) is 2. The van der Waals surface area contributed by atoms with Gasteiger partial charge >= 0.3 is 0 Å². The zero-order valence-electron chi connectivity index (χ0n) is 10.1. The molecule has 96 valence electrons. The number of anilines is 1. The van der Waals surface area contributed by atoms with Crippen LogP contribution in [0.3, 0.4) is 0 Å². The van der Waals surface area contributed by atoms with E-state index >= 15 is 0 Å². The summed E-state index contributed by atoms with van der Waals surface area (Å²) in [7, 11) is 0. The highest BCUT2D eigenvalue weighted by Crippen LogP contribution is 2.03. The maximum atomic E-state index is 11.5. The summed E-state index contributed by atoms with van der Waals surface area (Å²) in [5.74, 6) is 0.974. The molecule has 1 aromatic rings. The van der Waals surface area contributed by atoms with E-state index < -0.39 is 0 Å². The van der Waals surface area contributed by atoms with Crippen molar-refractivity contribution in [3.05, 3.63) is 30.3 Å². The third kappa shape index (κ3) is 7.13. The summed E-state index contributed by atoms with van der Waals surface area (Å²) in [5.41, 5.74) is 0.968. The lowest BCUT2D eigenvalue weighted by atomic mass is 10.3. The average Bonchev–Trinajstić information content (AvgIpc) is 2.28. The fourth-order valence-electron chi connectivity index (χ4n) is 1.36. The molecule has 1 rings (SSSR count). The summed E-state index contributed by atoms with van der Waals surface area (Å²) in [6.45, 7) is 2.33. The van der Waals surface area contributed by atoms with Gasteiger partial charge in [-0.1, -0.05) is 18.2 Å². The third-order valence-electron chi connectivity index (χ3n) is 2.05. The van der Waals surface area contributed by atoms with E-state index in [9.17, 15) is 4.79 Å². The molecule has 0 heterocycles. The van der Waals surface area contributed by atoms with E-state index in [0.717, 1.165) is 11.4 Å². The second kappa shape index (κ2) is 9.19. The van der Waals surface area contributed by atoms with E-state index in [-0.39, 0.29) is 24.4 Å². The number of thioether (sulfide) groups is 1. The minimum Gasteiger partial charge on any atom is -0.376 e. The Bertz CT molecular complexity index is 322. The molecule has 0 saturated heterocycles. The van der Waals surface area contributed by atoms with E-state index in [2.05, 4.69) is 10.6 Å². The van der Waals surface area contributed by atoms with Crippen LogP contribution in [0.2, 0.25) is 0 Å². The topological polar surface area (TPSA) is 41.1 Å². The van der Waals surface area contributed by atoms with Gasteiger partial charge < -0.3 is 10.6 Å². The lowest BCUT2D eigenvalue weighted by Gasteiger charge is -2.13. The highest BCUT2D eigenvalue weighted by molar-refractivity contribution is 7.98. The van der Waals surface area contributed by atoms with Gasteiger partial charge in [0, 0.05) is 17.5 Å². The van der Waals surface area contributed by atoms with E-state index in [4.69, 9.17) is 0 Å². The van der Waals surface area contributed by atoms with Gasteiger partial charge in [-0.2, -0.15) is 11.8 Å². The second-order valence-corrected chi connectivity index (χ2v) is 4.55. The number of benzene rings is 1. The number of carbonyl (C=O) groups excluding carboxylic acids is 1. The number of rotatable bonds is 6. The number of para-hydroxylation sites is 1. The normalized spacial score (nSPS) is 11.2. The largest absolute Gasteiger partial charge is 0.376 e. The van der Waals surface area contributed by atoms with Crippen LogP contribution in [0.5, 0.6) is 0 Å². The molecule has 17 heavy (non-hydrogen) atoms. The first-order valence-corrected chi connectivity index (χ1v) is 6.69. The molecule has 0 spiro atoms. The molecular weight excluding hydrogens is 256 g/mol. The quantitative estimate of drug-likeness (QED) is 0.837. The van der Waals surface area contributed by atoms with Gasteiger partial charge in [-0.15, -0.1) is 12.4 Å². The predicted molar refractivity (Wildman–Crippen MR) is 78.2 cm³/mol. The molecule has 0 aliphatic carbocycles. The lowest BCUT2D eigenvalue weighted by Crippen LogP contribution is -2.37. The van der Waals surface area contributed by atoms with Crippen molar-refractivity contribution in [1.82, 2.24) is 5.32 Å². The van der Waals surface area contributed by atoms with E-state index in [1.807, 2.05) is 43.5 Å². The molecule has 2 N–H and O–H groups in total. The van der Waals surface area contributed by atoms with Crippen molar-refractivity contribution in [1.29, 1.82) is 0 Å².